The fourth-order valence-corrected chi connectivity index (χ4v) is 4.10. The van der Waals surface area contributed by atoms with Gasteiger partial charge in [0.1, 0.15) is 5.41 Å². The van der Waals surface area contributed by atoms with Crippen molar-refractivity contribution < 1.29 is 9.53 Å². The molecule has 1 saturated heterocycles. The number of esters is 1. The Morgan fingerprint density at radius 3 is 2.32 bits per heavy atom. The van der Waals surface area contributed by atoms with Gasteiger partial charge in [0.05, 0.1) is 25.1 Å². The zero-order valence-corrected chi connectivity index (χ0v) is 18.0. The van der Waals surface area contributed by atoms with Crippen molar-refractivity contribution in [1.82, 2.24) is 0 Å². The highest BCUT2D eigenvalue weighted by Gasteiger charge is 2.51. The first-order valence-electron chi connectivity index (χ1n) is 10.1. The number of nitrogens with one attached hydrogen (secondary N) is 1. The Labute approximate surface area is 187 Å². The third kappa shape index (κ3) is 4.57. The summed E-state index contributed by atoms with van der Waals surface area (Å²) in [6, 6.07) is 27.3. The van der Waals surface area contributed by atoms with E-state index in [-0.39, 0.29) is 5.97 Å². The lowest BCUT2D eigenvalue weighted by atomic mass is 9.79. The normalized spacial score (nSPS) is 19.4. The first-order chi connectivity index (χ1) is 15.1. The first kappa shape index (κ1) is 20.9. The van der Waals surface area contributed by atoms with Gasteiger partial charge in [-0.2, -0.15) is 5.10 Å². The second-order valence-electron chi connectivity index (χ2n) is 7.60. The van der Waals surface area contributed by atoms with Crippen LogP contribution in [0.25, 0.3) is 0 Å². The van der Waals surface area contributed by atoms with Crippen molar-refractivity contribution in [3.05, 3.63) is 95.5 Å². The van der Waals surface area contributed by atoms with Crippen LogP contribution in [0.1, 0.15) is 5.56 Å². The largest absolute Gasteiger partial charge is 0.468 e. The lowest BCUT2D eigenvalue weighted by Crippen LogP contribution is -2.43. The van der Waals surface area contributed by atoms with E-state index < -0.39 is 5.41 Å². The average Bonchev–Trinajstić information content (AvgIpc) is 3.18. The molecule has 5 nitrogen and oxygen atoms in total. The van der Waals surface area contributed by atoms with Crippen LogP contribution in [0.4, 0.5) is 11.4 Å². The number of carbonyl (C=O) groups is 1. The number of ether oxygens (including phenoxy) is 1. The van der Waals surface area contributed by atoms with Crippen LogP contribution < -0.4 is 10.3 Å². The van der Waals surface area contributed by atoms with E-state index in [2.05, 4.69) is 10.3 Å². The SMILES string of the molecule is COC(=O)[C@]1(Cc2ccccc2)CN(c2ccc(Cl)cc2)C/C1=N/Nc1ccccc1. The number of methoxy groups -OCH3 is 1. The minimum Gasteiger partial charge on any atom is -0.468 e. The van der Waals surface area contributed by atoms with Gasteiger partial charge in [-0.3, -0.25) is 10.2 Å². The van der Waals surface area contributed by atoms with Crippen LogP contribution in [-0.2, 0) is 16.0 Å². The number of anilines is 2. The van der Waals surface area contributed by atoms with Gasteiger partial charge >= 0.3 is 5.97 Å². The average molecular weight is 434 g/mol. The summed E-state index contributed by atoms with van der Waals surface area (Å²) in [7, 11) is 1.43. The van der Waals surface area contributed by atoms with Gasteiger partial charge in [0.25, 0.3) is 0 Å². The summed E-state index contributed by atoms with van der Waals surface area (Å²) < 4.78 is 5.30. The van der Waals surface area contributed by atoms with E-state index in [1.54, 1.807) is 0 Å². The molecule has 0 amide bonds. The lowest BCUT2D eigenvalue weighted by Gasteiger charge is -2.27. The van der Waals surface area contributed by atoms with E-state index in [4.69, 9.17) is 21.4 Å². The van der Waals surface area contributed by atoms with Crippen LogP contribution in [0.15, 0.2) is 90.0 Å². The Balaban J connectivity index is 1.74. The van der Waals surface area contributed by atoms with Gasteiger partial charge in [0.15, 0.2) is 0 Å². The lowest BCUT2D eigenvalue weighted by molar-refractivity contribution is -0.147. The van der Waals surface area contributed by atoms with Gasteiger partial charge in [0, 0.05) is 17.3 Å². The number of para-hydroxylation sites is 1. The van der Waals surface area contributed by atoms with E-state index in [1.807, 2.05) is 84.9 Å². The van der Waals surface area contributed by atoms with Gasteiger partial charge in [0.2, 0.25) is 0 Å². The molecule has 0 spiro atoms. The van der Waals surface area contributed by atoms with E-state index in [9.17, 15) is 4.79 Å². The summed E-state index contributed by atoms with van der Waals surface area (Å²) in [6.07, 6.45) is 0.500. The molecule has 1 N–H and O–H groups in total. The molecule has 0 unspecified atom stereocenters. The van der Waals surface area contributed by atoms with Crippen molar-refractivity contribution >= 4 is 34.7 Å². The molecule has 3 aromatic carbocycles. The number of halogens is 1. The van der Waals surface area contributed by atoms with Crippen molar-refractivity contribution in [3.8, 4) is 0 Å². The van der Waals surface area contributed by atoms with Crippen LogP contribution >= 0.6 is 11.6 Å². The summed E-state index contributed by atoms with van der Waals surface area (Å²) in [5.74, 6) is -0.290. The molecule has 1 atom stereocenters. The molecule has 3 aromatic rings. The highest BCUT2D eigenvalue weighted by molar-refractivity contribution is 6.30. The van der Waals surface area contributed by atoms with Gasteiger partial charge in [-0.05, 0) is 48.4 Å². The Morgan fingerprint density at radius 1 is 1.03 bits per heavy atom. The number of hydrazone groups is 1. The van der Waals surface area contributed by atoms with E-state index in [0.29, 0.717) is 24.5 Å². The van der Waals surface area contributed by atoms with E-state index in [0.717, 1.165) is 22.6 Å². The second-order valence-corrected chi connectivity index (χ2v) is 8.04. The molecule has 158 valence electrons. The highest BCUT2D eigenvalue weighted by Crippen LogP contribution is 2.37. The summed E-state index contributed by atoms with van der Waals surface area (Å²) in [6.45, 7) is 0.967. The predicted molar refractivity (Wildman–Crippen MR) is 126 cm³/mol. The van der Waals surface area contributed by atoms with Crippen LogP contribution in [0.5, 0.6) is 0 Å². The Morgan fingerprint density at radius 2 is 1.68 bits per heavy atom. The molecule has 4 rings (SSSR count). The first-order valence-corrected chi connectivity index (χ1v) is 10.5. The summed E-state index contributed by atoms with van der Waals surface area (Å²) in [5, 5.41) is 5.38. The molecule has 1 heterocycles. The number of carbonyl (C=O) groups excluding carboxylic acids is 1. The third-order valence-corrected chi connectivity index (χ3v) is 5.82. The minimum atomic E-state index is -0.905. The number of nitrogens with zero attached hydrogens (tertiary/aromatic N) is 2. The van der Waals surface area contributed by atoms with Crippen molar-refractivity contribution in [2.24, 2.45) is 10.5 Å². The van der Waals surface area contributed by atoms with Gasteiger partial charge < -0.3 is 9.64 Å². The van der Waals surface area contributed by atoms with Crippen LogP contribution in [0.3, 0.4) is 0 Å². The predicted octanol–water partition coefficient (Wildman–Crippen LogP) is 5.03. The Kier molecular flexibility index (Phi) is 6.23. The molecule has 6 heteroatoms. The quantitative estimate of drug-likeness (QED) is 0.437. The zero-order valence-electron chi connectivity index (χ0n) is 17.3. The van der Waals surface area contributed by atoms with Crippen molar-refractivity contribution in [2.75, 3.05) is 30.5 Å². The van der Waals surface area contributed by atoms with E-state index in [1.165, 1.54) is 7.11 Å². The Hall–Kier alpha value is -3.31. The molecule has 0 bridgehead atoms. The highest BCUT2D eigenvalue weighted by atomic mass is 35.5. The molecule has 1 fully saturated rings. The monoisotopic (exact) mass is 433 g/mol. The summed E-state index contributed by atoms with van der Waals surface area (Å²) in [4.78, 5) is 15.4. The van der Waals surface area contributed by atoms with Crippen molar-refractivity contribution in [1.29, 1.82) is 0 Å². The topological polar surface area (TPSA) is 53.9 Å². The Bertz CT molecular complexity index is 1060. The maximum absolute atomic E-state index is 13.2. The number of hydrogen-bond acceptors (Lipinski definition) is 5. The van der Waals surface area contributed by atoms with Crippen LogP contribution in [0.2, 0.25) is 5.02 Å². The molecule has 1 aliphatic heterocycles. The third-order valence-electron chi connectivity index (χ3n) is 5.56. The standard InChI is InChI=1S/C25H24ClN3O2/c1-31-24(30)25(16-19-8-4-2-5-9-19)18-29(22-14-12-20(26)13-15-22)17-23(25)28-27-21-10-6-3-7-11-21/h2-15,27H,16-18H2,1H3/b28-23-/t25-/m1/s1. The number of hydrogen-bond donors (Lipinski definition) is 1. The van der Waals surface area contributed by atoms with Gasteiger partial charge in [-0.15, -0.1) is 0 Å². The fourth-order valence-electron chi connectivity index (χ4n) is 3.98. The molecular formula is C25H24ClN3O2. The zero-order chi connectivity index (χ0) is 21.7. The van der Waals surface area contributed by atoms with Crippen molar-refractivity contribution in [2.45, 2.75) is 6.42 Å². The van der Waals surface area contributed by atoms with Gasteiger partial charge in [-0.25, -0.2) is 0 Å². The maximum atomic E-state index is 13.2. The van der Waals surface area contributed by atoms with Crippen LogP contribution in [0, 0.1) is 5.41 Å². The summed E-state index contributed by atoms with van der Waals surface area (Å²) >= 11 is 6.07. The second kappa shape index (κ2) is 9.23. The molecule has 0 radical (unpaired) electrons. The minimum absolute atomic E-state index is 0.290. The molecule has 0 aromatic heterocycles. The van der Waals surface area contributed by atoms with E-state index >= 15 is 0 Å². The number of rotatable bonds is 6. The fraction of sp³-hybridized carbons (Fsp3) is 0.200. The summed E-state index contributed by atoms with van der Waals surface area (Å²) in [5.41, 5.74) is 5.85. The molecular weight excluding hydrogens is 410 g/mol. The molecule has 0 aliphatic carbocycles. The number of benzene rings is 3. The maximum Gasteiger partial charge on any atom is 0.319 e. The molecule has 31 heavy (non-hydrogen) atoms. The van der Waals surface area contributed by atoms with Gasteiger partial charge in [-0.1, -0.05) is 60.1 Å². The van der Waals surface area contributed by atoms with Crippen LogP contribution in [-0.4, -0.2) is 31.9 Å². The molecule has 0 saturated carbocycles. The smallest absolute Gasteiger partial charge is 0.319 e. The molecule has 1 aliphatic rings. The van der Waals surface area contributed by atoms with Crippen molar-refractivity contribution in [3.63, 3.8) is 0 Å².